The van der Waals surface area contributed by atoms with Crippen molar-refractivity contribution in [3.63, 3.8) is 0 Å². The Morgan fingerprint density at radius 3 is 2.18 bits per heavy atom. The largest absolute Gasteiger partial charge is 0.446 e. The molecule has 1 aliphatic rings. The number of carbonyl (C=O) groups excluding carboxylic acids is 2. The van der Waals surface area contributed by atoms with E-state index in [9.17, 15) is 35.9 Å². The van der Waals surface area contributed by atoms with Crippen LogP contribution in [0.2, 0.25) is 0 Å². The molecule has 0 spiro atoms. The van der Waals surface area contributed by atoms with Gasteiger partial charge in [-0.3, -0.25) is 9.69 Å². The zero-order valence-corrected chi connectivity index (χ0v) is 22.9. The fraction of sp³-hybridized carbons (Fsp3) is 0.440. The Morgan fingerprint density at radius 2 is 1.68 bits per heavy atom. The van der Waals surface area contributed by atoms with E-state index in [1.807, 2.05) is 22.9 Å². The third-order valence-corrected chi connectivity index (χ3v) is 6.61. The number of benzene rings is 2. The monoisotopic (exact) mass is 657 g/mol. The lowest BCUT2D eigenvalue weighted by molar-refractivity contribution is -0.143. The van der Waals surface area contributed by atoms with Gasteiger partial charge in [0, 0.05) is 25.7 Å². The van der Waals surface area contributed by atoms with Crippen LogP contribution in [0.1, 0.15) is 61.9 Å². The smallest absolute Gasteiger partial charge is 0.416 e. The molecule has 0 aromatic heterocycles. The van der Waals surface area contributed by atoms with Crippen LogP contribution >= 0.6 is 22.9 Å². The number of anilines is 2. The van der Waals surface area contributed by atoms with Crippen molar-refractivity contribution in [2.75, 3.05) is 15.0 Å². The summed E-state index contributed by atoms with van der Waals surface area (Å²) < 4.78 is 88.8. The second-order valence-electron chi connectivity index (χ2n) is 9.17. The van der Waals surface area contributed by atoms with Crippen molar-refractivity contribution in [1.82, 2.24) is 4.90 Å². The van der Waals surface area contributed by atoms with Gasteiger partial charge in [0.2, 0.25) is 5.91 Å². The number of rotatable bonds is 5. The van der Waals surface area contributed by atoms with Crippen molar-refractivity contribution in [3.05, 3.63) is 58.7 Å². The van der Waals surface area contributed by atoms with Crippen LogP contribution < -0.4 is 8.43 Å². The van der Waals surface area contributed by atoms with Gasteiger partial charge in [-0.05, 0) is 68.1 Å². The Labute approximate surface area is 229 Å². The van der Waals surface area contributed by atoms with Gasteiger partial charge in [-0.15, -0.1) is 0 Å². The van der Waals surface area contributed by atoms with Gasteiger partial charge in [0.15, 0.2) is 0 Å². The van der Waals surface area contributed by atoms with Crippen LogP contribution in [0.5, 0.6) is 0 Å². The van der Waals surface area contributed by atoms with Crippen LogP contribution in [0.15, 0.2) is 36.4 Å². The van der Waals surface area contributed by atoms with E-state index in [1.165, 1.54) is 16.7 Å². The highest BCUT2D eigenvalue weighted by molar-refractivity contribution is 14.1. The minimum Gasteiger partial charge on any atom is -0.446 e. The summed E-state index contributed by atoms with van der Waals surface area (Å²) in [4.78, 5) is 28.3. The van der Waals surface area contributed by atoms with Crippen LogP contribution in [-0.2, 0) is 28.4 Å². The molecule has 0 fully saturated rings. The van der Waals surface area contributed by atoms with E-state index in [-0.39, 0.29) is 18.2 Å². The number of ether oxygens (including phenoxy) is 1. The Bertz CT molecular complexity index is 1150. The zero-order valence-electron chi connectivity index (χ0n) is 20.7. The predicted molar refractivity (Wildman–Crippen MR) is 138 cm³/mol. The molecule has 38 heavy (non-hydrogen) atoms. The molecule has 1 unspecified atom stereocenters. The highest BCUT2D eigenvalue weighted by atomic mass is 127. The molecule has 1 N–H and O–H groups in total. The maximum absolute atomic E-state index is 13.4. The predicted octanol–water partition coefficient (Wildman–Crippen LogP) is 7.72. The number of nitrogens with one attached hydrogen (secondary N) is 1. The Morgan fingerprint density at radius 1 is 1.08 bits per heavy atom. The van der Waals surface area contributed by atoms with Crippen molar-refractivity contribution >= 4 is 46.2 Å². The molecular formula is C25H26F6IN3O3. The second kappa shape index (κ2) is 11.6. The van der Waals surface area contributed by atoms with E-state index in [1.54, 1.807) is 32.0 Å². The number of fused-ring (bicyclic) bond motifs is 1. The molecule has 1 aliphatic heterocycles. The van der Waals surface area contributed by atoms with E-state index < -0.39 is 54.2 Å². The molecule has 208 valence electrons. The van der Waals surface area contributed by atoms with E-state index in [0.29, 0.717) is 41.9 Å². The van der Waals surface area contributed by atoms with E-state index in [2.05, 4.69) is 3.53 Å². The van der Waals surface area contributed by atoms with Crippen molar-refractivity contribution in [2.45, 2.75) is 64.7 Å². The lowest BCUT2D eigenvalue weighted by atomic mass is 9.97. The molecule has 0 bridgehead atoms. The minimum absolute atomic E-state index is 0.0549. The molecule has 1 atom stereocenters. The summed E-state index contributed by atoms with van der Waals surface area (Å²) in [6.07, 6.45) is -10.3. The highest BCUT2D eigenvalue weighted by Crippen LogP contribution is 2.41. The second-order valence-corrected chi connectivity index (χ2v) is 9.71. The molecule has 2 aromatic carbocycles. The van der Waals surface area contributed by atoms with E-state index >= 15 is 0 Å². The first-order valence-corrected chi connectivity index (χ1v) is 12.7. The number of hydrogen-bond donors (Lipinski definition) is 1. The van der Waals surface area contributed by atoms with Gasteiger partial charge in [-0.25, -0.2) is 4.79 Å². The number of hydrogen-bond acceptors (Lipinski definition) is 4. The van der Waals surface area contributed by atoms with Gasteiger partial charge in [0.05, 0.1) is 51.8 Å². The maximum atomic E-state index is 13.4. The summed E-state index contributed by atoms with van der Waals surface area (Å²) in [5.41, 5.74) is -1.60. The summed E-state index contributed by atoms with van der Waals surface area (Å²) in [7, 11) is 0. The summed E-state index contributed by atoms with van der Waals surface area (Å²) in [5.74, 6) is -0.541. The number of nitrogens with zero attached hydrogens (tertiary/aromatic N) is 2. The van der Waals surface area contributed by atoms with Crippen molar-refractivity contribution < 1.29 is 40.7 Å². The van der Waals surface area contributed by atoms with Gasteiger partial charge >= 0.3 is 18.4 Å². The van der Waals surface area contributed by atoms with Crippen LogP contribution in [0, 0.1) is 0 Å². The first-order valence-electron chi connectivity index (χ1n) is 11.7. The fourth-order valence-corrected chi connectivity index (χ4v) is 4.70. The molecular weight excluding hydrogens is 631 g/mol. The molecule has 1 heterocycles. The van der Waals surface area contributed by atoms with E-state index in [0.717, 1.165) is 0 Å². The Kier molecular flexibility index (Phi) is 9.09. The summed E-state index contributed by atoms with van der Waals surface area (Å²) in [6, 6.07) is 5.67. The minimum atomic E-state index is -5.01. The van der Waals surface area contributed by atoms with Crippen molar-refractivity contribution in [2.24, 2.45) is 0 Å². The SMILES string of the molecule is CC(=O)N(Cc1cc(C(F)(F)F)cc(C(F)(F)F)c1)C1CCCN(C(=O)OC(C)C)c2cc(NI)ccc21. The highest BCUT2D eigenvalue weighted by Gasteiger charge is 2.38. The van der Waals surface area contributed by atoms with Crippen LogP contribution in [0.4, 0.5) is 42.5 Å². The molecule has 0 saturated heterocycles. The average molecular weight is 657 g/mol. The topological polar surface area (TPSA) is 61.9 Å². The molecule has 0 aliphatic carbocycles. The number of carbonyl (C=O) groups is 2. The maximum Gasteiger partial charge on any atom is 0.416 e. The summed E-state index contributed by atoms with van der Waals surface area (Å²) in [6.45, 7) is 4.35. The molecule has 0 saturated carbocycles. The number of amides is 2. The molecule has 3 rings (SSSR count). The average Bonchev–Trinajstić information content (AvgIpc) is 2.99. The fourth-order valence-electron chi connectivity index (χ4n) is 4.36. The van der Waals surface area contributed by atoms with Crippen LogP contribution in [0.25, 0.3) is 0 Å². The third-order valence-electron chi connectivity index (χ3n) is 5.99. The molecule has 2 aromatic rings. The van der Waals surface area contributed by atoms with E-state index in [4.69, 9.17) is 4.74 Å². The molecule has 6 nitrogen and oxygen atoms in total. The van der Waals surface area contributed by atoms with Gasteiger partial charge in [0.25, 0.3) is 0 Å². The van der Waals surface area contributed by atoms with Crippen molar-refractivity contribution in [3.8, 4) is 0 Å². The lowest BCUT2D eigenvalue weighted by Crippen LogP contribution is -2.34. The van der Waals surface area contributed by atoms with Crippen LogP contribution in [-0.4, -0.2) is 29.5 Å². The normalized spacial score (nSPS) is 16.1. The quantitative estimate of drug-likeness (QED) is 0.203. The Balaban J connectivity index is 2.09. The lowest BCUT2D eigenvalue weighted by Gasteiger charge is -2.32. The third kappa shape index (κ3) is 7.03. The van der Waals surface area contributed by atoms with Gasteiger partial charge < -0.3 is 13.2 Å². The number of alkyl halides is 6. The van der Waals surface area contributed by atoms with Crippen molar-refractivity contribution in [1.29, 1.82) is 0 Å². The first kappa shape index (κ1) is 29.8. The molecule has 13 heteroatoms. The zero-order chi connectivity index (χ0) is 28.4. The first-order chi connectivity index (χ1) is 17.6. The Hall–Kier alpha value is -2.71. The summed E-state index contributed by atoms with van der Waals surface area (Å²) in [5, 5.41) is 0. The molecule has 0 radical (unpaired) electrons. The summed E-state index contributed by atoms with van der Waals surface area (Å²) >= 11 is 1.91. The standard InChI is InChI=1S/C25H26F6IN3O3/c1-14(2)38-23(37)34-8-4-5-21(20-7-6-19(33-32)12-22(20)34)35(15(3)36)13-16-9-17(24(26,27)28)11-18(10-16)25(29,30)31/h6-7,9-12,14,21,33H,4-5,8,13H2,1-3H3. The van der Waals surface area contributed by atoms with Gasteiger partial charge in [-0.2, -0.15) is 26.3 Å². The van der Waals surface area contributed by atoms with Crippen LogP contribution in [0.3, 0.4) is 0 Å². The number of halogens is 7. The molecule has 2 amide bonds. The van der Waals surface area contributed by atoms with Gasteiger partial charge in [-0.1, -0.05) is 6.07 Å². The van der Waals surface area contributed by atoms with Gasteiger partial charge in [0.1, 0.15) is 0 Å².